The van der Waals surface area contributed by atoms with Crippen molar-refractivity contribution in [2.45, 2.75) is 9.50 Å². The number of imidazole rings is 1. The van der Waals surface area contributed by atoms with Crippen LogP contribution in [0.5, 0.6) is 0 Å². The molecule has 0 unspecified atom stereocenters. The third-order valence-corrected chi connectivity index (χ3v) is 6.50. The number of aromatic amines is 2. The second-order valence-electron chi connectivity index (χ2n) is 5.33. The van der Waals surface area contributed by atoms with Gasteiger partial charge in [-0.1, -0.05) is 23.9 Å². The van der Waals surface area contributed by atoms with E-state index in [1.807, 2.05) is 48.7 Å². The molecular formula is C17H15N4OS3+. The number of thioether (sulfide) groups is 2. The third-order valence-electron chi connectivity index (χ3n) is 3.60. The third kappa shape index (κ3) is 3.65. The molecule has 8 heteroatoms. The van der Waals surface area contributed by atoms with Crippen LogP contribution in [-0.2, 0) is 4.79 Å². The number of anilines is 1. The van der Waals surface area contributed by atoms with Gasteiger partial charge in [0, 0.05) is 5.69 Å². The highest BCUT2D eigenvalue weighted by Gasteiger charge is 2.13. The molecule has 0 aliphatic carbocycles. The molecule has 0 fully saturated rings. The Balaban J connectivity index is 1.41. The predicted octanol–water partition coefficient (Wildman–Crippen LogP) is 4.04. The maximum atomic E-state index is 12.2. The van der Waals surface area contributed by atoms with Gasteiger partial charge >= 0.3 is 5.16 Å². The first-order chi connectivity index (χ1) is 12.2. The molecule has 0 radical (unpaired) electrons. The summed E-state index contributed by atoms with van der Waals surface area (Å²) in [4.78, 5) is 23.3. The molecule has 126 valence electrons. The number of nitrogens with zero attached hydrogens (tertiary/aromatic N) is 1. The Kier molecular flexibility index (Phi) is 4.65. The van der Waals surface area contributed by atoms with E-state index in [1.54, 1.807) is 23.1 Å². The van der Waals surface area contributed by atoms with Gasteiger partial charge < -0.3 is 5.32 Å². The maximum Gasteiger partial charge on any atom is 0.315 e. The van der Waals surface area contributed by atoms with E-state index in [2.05, 4.69) is 20.3 Å². The van der Waals surface area contributed by atoms with Crippen molar-refractivity contribution in [3.63, 3.8) is 0 Å². The summed E-state index contributed by atoms with van der Waals surface area (Å²) in [5.74, 6) is 0.297. The van der Waals surface area contributed by atoms with Crippen molar-refractivity contribution in [2.75, 3.05) is 17.3 Å². The number of aromatic nitrogens is 3. The van der Waals surface area contributed by atoms with E-state index in [9.17, 15) is 4.79 Å². The summed E-state index contributed by atoms with van der Waals surface area (Å²) < 4.78 is 2.11. The second-order valence-corrected chi connectivity index (χ2v) is 8.40. The van der Waals surface area contributed by atoms with Crippen LogP contribution in [0.4, 0.5) is 5.69 Å². The summed E-state index contributed by atoms with van der Waals surface area (Å²) in [6.45, 7) is 0. The lowest BCUT2D eigenvalue weighted by Crippen LogP contribution is -2.15. The largest absolute Gasteiger partial charge is 0.325 e. The summed E-state index contributed by atoms with van der Waals surface area (Å²) in [5, 5.41) is 3.82. The van der Waals surface area contributed by atoms with Crippen LogP contribution in [0.25, 0.3) is 21.3 Å². The number of carbonyl (C=O) groups excluding carboxylic acids is 1. The van der Waals surface area contributed by atoms with Gasteiger partial charge in [0.25, 0.3) is 0 Å². The lowest BCUT2D eigenvalue weighted by molar-refractivity contribution is -0.396. The zero-order valence-electron chi connectivity index (χ0n) is 13.3. The van der Waals surface area contributed by atoms with Crippen LogP contribution >= 0.6 is 34.9 Å². The van der Waals surface area contributed by atoms with E-state index in [-0.39, 0.29) is 5.91 Å². The van der Waals surface area contributed by atoms with Gasteiger partial charge in [-0.2, -0.15) is 0 Å². The number of carbonyl (C=O) groups is 1. The maximum absolute atomic E-state index is 12.2. The fraction of sp³-hybridized carbons (Fsp3) is 0.118. The minimum absolute atomic E-state index is 0.0361. The lowest BCUT2D eigenvalue weighted by atomic mass is 10.3. The first kappa shape index (κ1) is 16.4. The molecule has 0 saturated heterocycles. The van der Waals surface area contributed by atoms with Gasteiger partial charge in [0.05, 0.1) is 16.0 Å². The number of hydrogen-bond acceptors (Lipinski definition) is 5. The van der Waals surface area contributed by atoms with Crippen molar-refractivity contribution in [3.05, 3.63) is 42.5 Å². The average Bonchev–Trinajstić information content (AvgIpc) is 3.22. The number of thiazole rings is 1. The number of H-pyrrole nitrogens is 2. The van der Waals surface area contributed by atoms with Gasteiger partial charge in [-0.15, -0.1) is 11.3 Å². The monoisotopic (exact) mass is 387 g/mol. The van der Waals surface area contributed by atoms with Crippen LogP contribution in [0.15, 0.2) is 52.0 Å². The van der Waals surface area contributed by atoms with Crippen LogP contribution in [0.3, 0.4) is 0 Å². The number of nitrogens with one attached hydrogen (secondary N) is 3. The molecule has 0 saturated carbocycles. The molecule has 0 spiro atoms. The first-order valence-corrected chi connectivity index (χ1v) is 10.6. The van der Waals surface area contributed by atoms with Crippen molar-refractivity contribution in [3.8, 4) is 0 Å². The fourth-order valence-electron chi connectivity index (χ4n) is 2.45. The topological polar surface area (TPSA) is 71.9 Å². The summed E-state index contributed by atoms with van der Waals surface area (Å²) in [7, 11) is 0. The van der Waals surface area contributed by atoms with Crippen LogP contribution in [0.1, 0.15) is 0 Å². The Morgan fingerprint density at radius 2 is 2.20 bits per heavy atom. The van der Waals surface area contributed by atoms with Crippen molar-refractivity contribution in [1.29, 1.82) is 0 Å². The molecule has 4 rings (SSSR count). The molecule has 0 atom stereocenters. The quantitative estimate of drug-likeness (QED) is 0.507. The Bertz CT molecular complexity index is 1020. The van der Waals surface area contributed by atoms with Crippen molar-refractivity contribution >= 4 is 67.7 Å². The minimum atomic E-state index is -0.0361. The molecule has 3 N–H and O–H groups in total. The molecule has 2 aromatic heterocycles. The minimum Gasteiger partial charge on any atom is -0.325 e. The van der Waals surface area contributed by atoms with Crippen LogP contribution < -0.4 is 10.3 Å². The molecular weight excluding hydrogens is 372 g/mol. The average molecular weight is 388 g/mol. The molecule has 2 aromatic carbocycles. The molecule has 1 amide bonds. The first-order valence-electron chi connectivity index (χ1n) is 7.58. The number of amides is 1. The number of fused-ring (bicyclic) bond motifs is 2. The smallest absolute Gasteiger partial charge is 0.315 e. The lowest BCUT2D eigenvalue weighted by Gasteiger charge is -2.03. The van der Waals surface area contributed by atoms with Gasteiger partial charge in [0.2, 0.25) is 5.91 Å². The van der Waals surface area contributed by atoms with E-state index in [1.165, 1.54) is 11.8 Å². The molecule has 4 aromatic rings. The van der Waals surface area contributed by atoms with Crippen LogP contribution in [-0.4, -0.2) is 27.9 Å². The van der Waals surface area contributed by atoms with Gasteiger partial charge in [-0.25, -0.2) is 15.0 Å². The van der Waals surface area contributed by atoms with Gasteiger partial charge in [-0.05, 0) is 48.3 Å². The van der Waals surface area contributed by atoms with Crippen molar-refractivity contribution < 1.29 is 9.78 Å². The van der Waals surface area contributed by atoms with Crippen LogP contribution in [0.2, 0.25) is 0 Å². The fourth-order valence-corrected chi connectivity index (χ4v) is 4.69. The Hall–Kier alpha value is -2.03. The molecule has 0 aliphatic rings. The summed E-state index contributed by atoms with van der Waals surface area (Å²) in [6, 6.07) is 13.8. The zero-order chi connectivity index (χ0) is 17.2. The van der Waals surface area contributed by atoms with E-state index < -0.39 is 0 Å². The van der Waals surface area contributed by atoms with Gasteiger partial charge in [-0.3, -0.25) is 4.79 Å². The predicted molar refractivity (Wildman–Crippen MR) is 106 cm³/mol. The Labute approximate surface area is 156 Å². The molecule has 0 aliphatic heterocycles. The molecule has 2 heterocycles. The number of benzene rings is 2. The number of para-hydroxylation sites is 2. The Morgan fingerprint density at radius 3 is 3.04 bits per heavy atom. The summed E-state index contributed by atoms with van der Waals surface area (Å²) >= 11 is 4.72. The SMILES string of the molecule is CSc1nc2ccc(NC(=O)CSc3[nH]c4ccccc4[nH+]3)cc2s1. The zero-order valence-corrected chi connectivity index (χ0v) is 15.8. The summed E-state index contributed by atoms with van der Waals surface area (Å²) in [5.41, 5.74) is 3.83. The summed E-state index contributed by atoms with van der Waals surface area (Å²) in [6.07, 6.45) is 2.01. The highest BCUT2D eigenvalue weighted by molar-refractivity contribution is 8.00. The van der Waals surface area contributed by atoms with Crippen molar-refractivity contribution in [2.24, 2.45) is 0 Å². The second kappa shape index (κ2) is 7.07. The Morgan fingerprint density at radius 1 is 1.32 bits per heavy atom. The van der Waals surface area contributed by atoms with Crippen LogP contribution in [0, 0.1) is 0 Å². The normalized spacial score (nSPS) is 11.2. The van der Waals surface area contributed by atoms with Gasteiger partial charge in [0.15, 0.2) is 15.4 Å². The van der Waals surface area contributed by atoms with E-state index in [4.69, 9.17) is 0 Å². The van der Waals surface area contributed by atoms with E-state index in [0.29, 0.717) is 5.75 Å². The standard InChI is InChI=1S/C17H14N4OS3/c1-23-17-21-13-7-6-10(8-14(13)25-17)18-15(22)9-24-16-19-11-4-2-3-5-12(11)20-16/h2-8H,9H2,1H3,(H,18,22)(H,19,20)/p+1. The highest BCUT2D eigenvalue weighted by atomic mass is 32.2. The van der Waals surface area contributed by atoms with E-state index >= 15 is 0 Å². The van der Waals surface area contributed by atoms with E-state index in [0.717, 1.165) is 36.4 Å². The molecule has 5 nitrogen and oxygen atoms in total. The molecule has 25 heavy (non-hydrogen) atoms. The molecule has 0 bridgehead atoms. The number of rotatable bonds is 5. The highest BCUT2D eigenvalue weighted by Crippen LogP contribution is 2.30. The van der Waals surface area contributed by atoms with Crippen molar-refractivity contribution in [1.82, 2.24) is 9.97 Å². The van der Waals surface area contributed by atoms with Gasteiger partial charge in [0.1, 0.15) is 0 Å². The number of hydrogen-bond donors (Lipinski definition) is 2.